The van der Waals surface area contributed by atoms with Crippen molar-refractivity contribution in [2.45, 2.75) is 201 Å². The Morgan fingerprint density at radius 3 is 1.26 bits per heavy atom. The van der Waals surface area contributed by atoms with Gasteiger partial charge in [0.05, 0.1) is 22.9 Å². The van der Waals surface area contributed by atoms with Gasteiger partial charge in [-0.25, -0.2) is 24.0 Å². The molecule has 4 atom stereocenters. The molecule has 10 aliphatic rings. The highest BCUT2D eigenvalue weighted by atomic mass is 32.3. The number of carboxylic acid groups (broad SMARTS) is 1. The molecule has 7 aliphatic heterocycles. The van der Waals surface area contributed by atoms with Crippen molar-refractivity contribution in [3.8, 4) is 40.2 Å². The first-order valence-corrected chi connectivity index (χ1v) is 36.0. The smallest absolute Gasteiger partial charge is 0.504 e. The van der Waals surface area contributed by atoms with Crippen molar-refractivity contribution >= 4 is 75.2 Å². The van der Waals surface area contributed by atoms with E-state index in [4.69, 9.17) is 76.6 Å². The fourth-order valence-electron chi connectivity index (χ4n) is 12.3. The van der Waals surface area contributed by atoms with Crippen LogP contribution in [0, 0.1) is 24.2 Å². The molecule has 0 amide bonds. The van der Waals surface area contributed by atoms with E-state index in [1.807, 2.05) is 68.6 Å². The molecule has 108 heavy (non-hydrogen) atoms. The molecule has 592 valence electrons. The van der Waals surface area contributed by atoms with Crippen molar-refractivity contribution < 1.29 is 152 Å². The van der Waals surface area contributed by atoms with Crippen LogP contribution >= 0.6 is 0 Å². The Bertz CT molecular complexity index is 4320. The first-order valence-electron chi connectivity index (χ1n) is 33.2. The summed E-state index contributed by atoms with van der Waals surface area (Å²) in [7, 11) is -14.8. The van der Waals surface area contributed by atoms with Crippen LogP contribution in [0.15, 0.2) is 91.0 Å². The van der Waals surface area contributed by atoms with Gasteiger partial charge < -0.3 is 81.7 Å². The minimum atomic E-state index is -6.85. The minimum Gasteiger partial charge on any atom is -0.504 e. The predicted octanol–water partition coefficient (Wildman–Crippen LogP) is 12.1. The quantitative estimate of drug-likeness (QED) is 0.0317. The number of aromatic hydroxyl groups is 3. The van der Waals surface area contributed by atoms with Crippen LogP contribution in [0.2, 0.25) is 0 Å². The highest BCUT2D eigenvalue weighted by Crippen LogP contribution is 2.66. The van der Waals surface area contributed by atoms with Crippen LogP contribution in [0.1, 0.15) is 194 Å². The van der Waals surface area contributed by atoms with Gasteiger partial charge in [-0.2, -0.15) is 43.2 Å². The van der Waals surface area contributed by atoms with E-state index in [0.717, 1.165) is 30.7 Å². The monoisotopic (exact) mass is 1570 g/mol. The Labute approximate surface area is 621 Å². The summed E-state index contributed by atoms with van der Waals surface area (Å²) in [6.07, 6.45) is 4.88. The number of para-hydroxylation sites is 5. The van der Waals surface area contributed by atoms with E-state index in [1.54, 1.807) is 91.8 Å². The molecule has 3 saturated carbocycles. The van der Waals surface area contributed by atoms with Gasteiger partial charge in [-0.05, 0) is 133 Å². The number of aryl methyl sites for hydroxylation is 1. The molecule has 2 bridgehead atoms. The predicted molar refractivity (Wildman–Crippen MR) is 373 cm³/mol. The number of cyclic esters (lactones) is 4. The molecule has 3 aliphatic carbocycles. The Morgan fingerprint density at radius 1 is 0.491 bits per heavy atom. The number of halogens is 6. The van der Waals surface area contributed by atoms with Gasteiger partial charge in [-0.15, -0.1) is 3.63 Å². The van der Waals surface area contributed by atoms with Crippen LogP contribution < -0.4 is 29.9 Å². The molecule has 7 heterocycles. The van der Waals surface area contributed by atoms with Gasteiger partial charge in [0.15, 0.2) is 23.0 Å². The van der Waals surface area contributed by atoms with Gasteiger partial charge in [0.2, 0.25) is 23.1 Å². The number of carbonyl (C=O) groups excluding carboxylic acids is 4. The fraction of sp³-hybridized carbons (Fsp3) is 0.507. The first kappa shape index (κ1) is 86.7. The summed E-state index contributed by atoms with van der Waals surface area (Å²) in [4.78, 5) is 57.8. The molecular formula is C71H86B2F6O27S2. The van der Waals surface area contributed by atoms with E-state index in [1.165, 1.54) is 43.5 Å². The van der Waals surface area contributed by atoms with E-state index in [0.29, 0.717) is 56.7 Å². The number of benzene rings is 5. The maximum Gasteiger partial charge on any atom is 0.524 e. The van der Waals surface area contributed by atoms with Crippen LogP contribution in [-0.4, -0.2) is 152 Å². The average molecular weight is 1570 g/mol. The molecule has 0 radical (unpaired) electrons. The number of alkyl halides is 6. The highest BCUT2D eigenvalue weighted by Gasteiger charge is 2.68. The summed E-state index contributed by atoms with van der Waals surface area (Å²) >= 11 is 0. The molecule has 0 aromatic heterocycles. The Morgan fingerprint density at radius 2 is 0.861 bits per heavy atom. The van der Waals surface area contributed by atoms with Gasteiger partial charge in [-0.1, -0.05) is 69.8 Å². The highest BCUT2D eigenvalue weighted by molar-refractivity contribution is 8.00. The Hall–Kier alpha value is -8.58. The van der Waals surface area contributed by atoms with E-state index in [2.05, 4.69) is 20.8 Å². The van der Waals surface area contributed by atoms with Crippen LogP contribution in [-0.2, 0) is 66.2 Å². The first-order chi connectivity index (χ1) is 49.0. The number of rotatable bonds is 5. The summed E-state index contributed by atoms with van der Waals surface area (Å²) in [5.41, 5.74) is -9.71. The molecule has 6 fully saturated rings. The van der Waals surface area contributed by atoms with Crippen molar-refractivity contribution in [2.24, 2.45) is 17.3 Å². The minimum absolute atomic E-state index is 0. The average Bonchev–Trinajstić information content (AvgIpc) is 1.39. The molecule has 4 N–H and O–H groups in total. The number of hydrogen-bond acceptors (Lipinski definition) is 26. The van der Waals surface area contributed by atoms with Crippen LogP contribution in [0.3, 0.4) is 0 Å². The molecule has 3 saturated heterocycles. The van der Waals surface area contributed by atoms with E-state index < -0.39 is 109 Å². The summed E-state index contributed by atoms with van der Waals surface area (Å²) in [5.74, 6) is -4.80. The van der Waals surface area contributed by atoms with Crippen molar-refractivity contribution in [3.63, 3.8) is 0 Å². The third-order valence-electron chi connectivity index (χ3n) is 18.5. The maximum absolute atomic E-state index is 12.3. The maximum atomic E-state index is 12.3. The second-order valence-electron chi connectivity index (χ2n) is 29.2. The van der Waals surface area contributed by atoms with Crippen molar-refractivity contribution in [1.29, 1.82) is 0 Å². The summed E-state index contributed by atoms with van der Waals surface area (Å²) in [6.45, 7) is 32.3. The lowest BCUT2D eigenvalue weighted by Gasteiger charge is -2.64. The lowest BCUT2D eigenvalue weighted by Crippen LogP contribution is -2.65. The molecule has 5 aromatic carbocycles. The normalized spacial score (nSPS) is 23.1. The molecule has 5 aromatic rings. The van der Waals surface area contributed by atoms with Crippen LogP contribution in [0.5, 0.6) is 40.2 Å². The molecule has 27 nitrogen and oxygen atoms in total. The Kier molecular flexibility index (Phi) is 24.9. The largest absolute Gasteiger partial charge is 0.524 e. The van der Waals surface area contributed by atoms with Gasteiger partial charge in [0.25, 0.3) is 0 Å². The van der Waals surface area contributed by atoms with Crippen LogP contribution in [0.4, 0.5) is 26.3 Å². The lowest BCUT2D eigenvalue weighted by molar-refractivity contribution is -0.199. The molecular weight excluding hydrogens is 1480 g/mol. The van der Waals surface area contributed by atoms with Crippen molar-refractivity contribution in [3.05, 3.63) is 124 Å². The number of ether oxygens (including phenoxy) is 9. The summed E-state index contributed by atoms with van der Waals surface area (Å²) in [5, 5.41) is 35.7. The number of fused-ring (bicyclic) bond motifs is 4. The van der Waals surface area contributed by atoms with E-state index in [9.17, 15) is 72.3 Å². The van der Waals surface area contributed by atoms with Gasteiger partial charge in [-0.3, -0.25) is 0 Å². The molecule has 37 heteroatoms. The third-order valence-corrected chi connectivity index (χ3v) is 21.0. The van der Waals surface area contributed by atoms with E-state index in [-0.39, 0.29) is 53.7 Å². The zero-order valence-corrected chi connectivity index (χ0v) is 62.7. The van der Waals surface area contributed by atoms with Crippen molar-refractivity contribution in [2.75, 3.05) is 13.2 Å². The number of carbonyl (C=O) groups is 5. The number of phenolic OH excluding ortho intramolecular Hbond substituents is 2. The second kappa shape index (κ2) is 31.1. The van der Waals surface area contributed by atoms with Gasteiger partial charge in [0, 0.05) is 79.5 Å². The molecule has 1 unspecified atom stereocenters. The summed E-state index contributed by atoms with van der Waals surface area (Å²) < 4.78 is 183. The number of phenols is 3. The zero-order valence-electron chi connectivity index (χ0n) is 61.1. The standard InChI is InChI=1S/C20H25BO5.C16H21BO5.C11H12O3.C10H10O4.C7H6O4.C4H8O.C2F6O5S2.CH4/c1-18(2)11-9-14(18)20(5)15(10-11)25-21(26-20)13-8-6-7-12-16(13)23-19(3,4)24-17(12)22;1-14(2)15(3,4)22-17(21-14)11-9-7-8-10-12(11)19-16(5,6)20-13(10)18;1-7-5-4-6-8-9(7)13-11(2,3)14-10(8)12;1-10(2)13-8-6(9(12)14-10)4-3-5-7(8)11;8-5-3-1-2-4(6(5)9)7(10)11;1-2-4-5-3-1;3-1(4,5)14(9,10)13-15(11,12)2(6,7)8;/h6-8,11,14-15H,9-10H2,1-5H3;7-9H,1-6H3;4-6H,1-3H3;3-5,11H,1-2H3;1-3,8-9H,(H,10,11);1-4H2;;1H4/t11?,14-,15+,20-;;;;;;;/m0......./s1. The molecule has 0 spiro atoms. The third kappa shape index (κ3) is 19.0. The number of esters is 4. The Balaban J connectivity index is 0.000000182. The summed E-state index contributed by atoms with van der Waals surface area (Å²) in [6, 6.07) is 24.6. The van der Waals surface area contributed by atoms with Crippen molar-refractivity contribution in [1.82, 2.24) is 0 Å². The topological polar surface area (TPSA) is 364 Å². The van der Waals surface area contributed by atoms with Crippen LogP contribution in [0.25, 0.3) is 0 Å². The second-order valence-corrected chi connectivity index (χ2v) is 32.5. The van der Waals surface area contributed by atoms with Gasteiger partial charge in [0.1, 0.15) is 45.1 Å². The fourth-order valence-corrected chi connectivity index (χ4v) is 13.9. The van der Waals surface area contributed by atoms with E-state index >= 15 is 0 Å². The number of aromatic carboxylic acids is 1. The SMILES string of the molecule is C.C1CCOC1.CC1(C)OC(=O)c2cccc(B3OC(C)(C)C(C)(C)O3)c2O1.CC1(C)OC(=O)c2cccc(B3O[C@@H]4CC5C[C@@H](C5(C)C)[C@]4(C)O3)c2O1.CC1(C)OC(=O)c2cccc(O)c2O1.Cc1cccc2c1OC(C)(C)OC2=O.O=C(O)c1cccc(O)c1O.O=S(=O)(OS(=O)(=O)C(F)(F)F)C(F)(F)F. The van der Waals surface area contributed by atoms with Gasteiger partial charge >= 0.3 is 75.3 Å². The number of carboxylic acids is 1. The number of hydrogen-bond donors (Lipinski definition) is 4. The lowest BCUT2D eigenvalue weighted by atomic mass is 9.43. The zero-order chi connectivity index (χ0) is 80.2. The molecule has 15 rings (SSSR count).